The van der Waals surface area contributed by atoms with Crippen molar-refractivity contribution in [3.05, 3.63) is 159 Å². The third-order valence-electron chi connectivity index (χ3n) is 11.5. The minimum absolute atomic E-state index is 0.0287. The monoisotopic (exact) mass is 875 g/mol. The van der Waals surface area contributed by atoms with Crippen LogP contribution in [0.3, 0.4) is 0 Å². The molecule has 5 atom stereocenters. The van der Waals surface area contributed by atoms with Crippen LogP contribution < -0.4 is 25.5 Å². The van der Waals surface area contributed by atoms with Crippen LogP contribution in [-0.4, -0.2) is 95.5 Å². The first-order valence-corrected chi connectivity index (χ1v) is 22.3. The second-order valence-electron chi connectivity index (χ2n) is 16.0. The van der Waals surface area contributed by atoms with Crippen molar-refractivity contribution >= 4 is 14.2 Å². The molecular weight excluding hydrogens is 822 g/mol. The van der Waals surface area contributed by atoms with E-state index in [0.717, 1.165) is 16.7 Å². The van der Waals surface area contributed by atoms with Gasteiger partial charge in [0.05, 0.1) is 64.3 Å². The van der Waals surface area contributed by atoms with Crippen LogP contribution in [0.4, 0.5) is 0 Å². The first-order valence-electron chi connectivity index (χ1n) is 21.0. The number of para-hydroxylation sites is 1. The van der Waals surface area contributed by atoms with Gasteiger partial charge in [0, 0.05) is 24.3 Å². The van der Waals surface area contributed by atoms with Gasteiger partial charge < -0.3 is 33.1 Å². The van der Waals surface area contributed by atoms with Gasteiger partial charge in [0.1, 0.15) is 31.1 Å². The molecule has 1 aromatic heterocycles. The van der Waals surface area contributed by atoms with Gasteiger partial charge in [-0.15, -0.1) is 0 Å². The second kappa shape index (κ2) is 19.7. The number of hydrogen-bond donors (Lipinski definition) is 1. The molecule has 5 aromatic rings. The lowest BCUT2D eigenvalue weighted by Gasteiger charge is -2.55. The van der Waals surface area contributed by atoms with Crippen LogP contribution in [0.25, 0.3) is 0 Å². The maximum Gasteiger partial charge on any atom is 0.330 e. The van der Waals surface area contributed by atoms with Crippen LogP contribution in [-0.2, 0) is 30.1 Å². The van der Waals surface area contributed by atoms with Crippen molar-refractivity contribution in [3.8, 4) is 23.3 Å². The number of nitriles is 1. The van der Waals surface area contributed by atoms with Crippen LogP contribution in [0.2, 0.25) is 0 Å². The standard InChI is InChI=1S/C48H54N5O9P/c1-33(2)53(34(3)4)63(61-29-13-27-49)44-41(62-47(52-28-26-42(54)50-46(52)56)32-51(45(44)47)43(55)31-59-40-16-11-8-12-17-40)30-60-48(35-14-9-7-10-15-35,36-18-22-38(57-5)23-19-36)37-20-24-39(58-6)25-21-37/h7-12,14-26,28,33-34,41,44-45H,13,29-32H2,1-6H3,(H,50,54,56)/t41-,44-,45+,47-,63?/m1/s1. The molecule has 1 N–H and O–H groups in total. The summed E-state index contributed by atoms with van der Waals surface area (Å²) in [5.74, 6) is 1.54. The van der Waals surface area contributed by atoms with E-state index in [1.165, 1.54) is 16.8 Å². The molecule has 1 unspecified atom stereocenters. The molecule has 2 aliphatic rings. The van der Waals surface area contributed by atoms with Gasteiger partial charge in [-0.25, -0.2) is 4.79 Å². The number of benzene rings is 4. The number of carbonyl (C=O) groups excluding carboxylic acids is 1. The highest BCUT2D eigenvalue weighted by Crippen LogP contribution is 2.62. The normalized spacial score (nSPS) is 19.9. The Balaban J connectivity index is 1.41. The molecule has 14 nitrogen and oxygen atoms in total. The number of methoxy groups -OCH3 is 2. The first kappa shape index (κ1) is 45.2. The summed E-state index contributed by atoms with van der Waals surface area (Å²) in [5.41, 5.74) is -2.13. The van der Waals surface area contributed by atoms with Crippen LogP contribution in [0.1, 0.15) is 50.8 Å². The number of rotatable bonds is 19. The molecule has 7 rings (SSSR count). The number of aromatic nitrogens is 2. The average Bonchev–Trinajstić information content (AvgIpc) is 3.53. The summed E-state index contributed by atoms with van der Waals surface area (Å²) in [6, 6.07) is 37.0. The molecule has 330 valence electrons. The highest BCUT2D eigenvalue weighted by molar-refractivity contribution is 7.51. The Morgan fingerprint density at radius 1 is 0.857 bits per heavy atom. The van der Waals surface area contributed by atoms with E-state index in [-0.39, 0.29) is 50.8 Å². The summed E-state index contributed by atoms with van der Waals surface area (Å²) < 4.78 is 42.4. The van der Waals surface area contributed by atoms with Gasteiger partial charge in [0.15, 0.2) is 12.3 Å². The zero-order chi connectivity index (χ0) is 44.7. The summed E-state index contributed by atoms with van der Waals surface area (Å²) in [7, 11) is 1.52. The second-order valence-corrected chi connectivity index (χ2v) is 17.9. The number of ether oxygens (including phenoxy) is 5. The summed E-state index contributed by atoms with van der Waals surface area (Å²) in [4.78, 5) is 44.9. The largest absolute Gasteiger partial charge is 0.497 e. The Morgan fingerprint density at radius 2 is 1.43 bits per heavy atom. The maximum absolute atomic E-state index is 14.5. The van der Waals surface area contributed by atoms with Crippen molar-refractivity contribution in [3.63, 3.8) is 0 Å². The van der Waals surface area contributed by atoms with E-state index in [2.05, 4.69) is 43.4 Å². The summed E-state index contributed by atoms with van der Waals surface area (Å²) >= 11 is 0. The predicted molar refractivity (Wildman–Crippen MR) is 239 cm³/mol. The van der Waals surface area contributed by atoms with E-state index >= 15 is 0 Å². The van der Waals surface area contributed by atoms with Crippen molar-refractivity contribution < 1.29 is 33.0 Å². The molecule has 2 aliphatic heterocycles. The highest BCUT2D eigenvalue weighted by Gasteiger charge is 2.70. The van der Waals surface area contributed by atoms with Gasteiger partial charge in [-0.1, -0.05) is 72.8 Å². The van der Waals surface area contributed by atoms with Crippen molar-refractivity contribution in [1.82, 2.24) is 19.1 Å². The third-order valence-corrected chi connectivity index (χ3v) is 14.5. The summed E-state index contributed by atoms with van der Waals surface area (Å²) in [5, 5.41) is 9.70. The molecule has 0 spiro atoms. The topological polar surface area (TPSA) is 158 Å². The van der Waals surface area contributed by atoms with Gasteiger partial charge >= 0.3 is 5.69 Å². The van der Waals surface area contributed by atoms with E-state index < -0.39 is 48.7 Å². The Kier molecular flexibility index (Phi) is 14.1. The zero-order valence-corrected chi connectivity index (χ0v) is 37.3. The fourth-order valence-corrected chi connectivity index (χ4v) is 11.7. The number of H-pyrrole nitrogens is 1. The molecule has 4 aromatic carbocycles. The molecule has 0 saturated carbocycles. The lowest BCUT2D eigenvalue weighted by Crippen LogP contribution is -2.74. The maximum atomic E-state index is 14.5. The van der Waals surface area contributed by atoms with Crippen LogP contribution in [0, 0.1) is 11.3 Å². The van der Waals surface area contributed by atoms with Gasteiger partial charge in [-0.05, 0) is 80.8 Å². The number of fused-ring (bicyclic) bond motifs is 1. The number of carbonyl (C=O) groups is 1. The van der Waals surface area contributed by atoms with E-state index in [9.17, 15) is 19.6 Å². The number of likely N-dealkylation sites (tertiary alicyclic amines) is 1. The number of hydrogen-bond acceptors (Lipinski definition) is 11. The fraction of sp³-hybridized carbons (Fsp3) is 0.375. The van der Waals surface area contributed by atoms with E-state index in [4.69, 9.17) is 28.2 Å². The highest BCUT2D eigenvalue weighted by atomic mass is 31.2. The van der Waals surface area contributed by atoms with Crippen molar-refractivity contribution in [1.29, 1.82) is 5.26 Å². The SMILES string of the molecule is COc1ccc(C(OC[C@H]2O[C@]3(n4ccc(=O)[nH]c4=O)CN(C(=O)COc4ccccc4)[C@H]3[C@@H]2P(OCCC#N)N(C(C)C)C(C)C)(c2ccccc2)c2ccc(OC)cc2)cc1. The number of nitrogens with zero attached hydrogens (tertiary/aromatic N) is 4. The molecule has 15 heteroatoms. The summed E-state index contributed by atoms with van der Waals surface area (Å²) in [6.45, 7) is 8.08. The zero-order valence-electron chi connectivity index (χ0n) is 36.4. The minimum atomic E-state index is -1.71. The number of aromatic amines is 1. The Labute approximate surface area is 368 Å². The van der Waals surface area contributed by atoms with E-state index in [1.807, 2.05) is 97.1 Å². The Morgan fingerprint density at radius 3 is 1.97 bits per heavy atom. The van der Waals surface area contributed by atoms with Crippen LogP contribution >= 0.6 is 8.30 Å². The van der Waals surface area contributed by atoms with Gasteiger partial charge in [-0.2, -0.15) is 5.26 Å². The van der Waals surface area contributed by atoms with E-state index in [0.29, 0.717) is 17.2 Å². The molecular formula is C48H54N5O9P. The molecule has 0 radical (unpaired) electrons. The molecule has 1 amide bonds. The minimum Gasteiger partial charge on any atom is -0.497 e. The van der Waals surface area contributed by atoms with Gasteiger partial charge in [0.25, 0.3) is 11.5 Å². The number of amides is 1. The Bertz CT molecular complexity index is 2400. The Hall–Kier alpha value is -5.81. The molecule has 3 heterocycles. The fourth-order valence-electron chi connectivity index (χ4n) is 8.86. The molecule has 0 bridgehead atoms. The molecule has 2 fully saturated rings. The van der Waals surface area contributed by atoms with E-state index in [1.54, 1.807) is 31.3 Å². The smallest absolute Gasteiger partial charge is 0.330 e. The van der Waals surface area contributed by atoms with Crippen molar-refractivity contribution in [2.75, 3.05) is 40.6 Å². The lowest BCUT2D eigenvalue weighted by atomic mass is 9.80. The van der Waals surface area contributed by atoms with Gasteiger partial charge in [-0.3, -0.25) is 23.8 Å². The van der Waals surface area contributed by atoms with Crippen LogP contribution in [0.15, 0.2) is 131 Å². The predicted octanol–water partition coefficient (Wildman–Crippen LogP) is 6.63. The van der Waals surface area contributed by atoms with Crippen LogP contribution in [0.5, 0.6) is 17.2 Å². The van der Waals surface area contributed by atoms with Gasteiger partial charge in [0.2, 0.25) is 0 Å². The quantitative estimate of drug-likeness (QED) is 0.0540. The van der Waals surface area contributed by atoms with Crippen molar-refractivity contribution in [2.24, 2.45) is 0 Å². The molecule has 0 aliphatic carbocycles. The first-order chi connectivity index (χ1) is 30.5. The lowest BCUT2D eigenvalue weighted by molar-refractivity contribution is -0.216. The third kappa shape index (κ3) is 9.03. The van der Waals surface area contributed by atoms with Crippen molar-refractivity contribution in [2.45, 2.75) is 75.3 Å². The molecule has 2 saturated heterocycles. The molecule has 63 heavy (non-hydrogen) atoms. The number of nitrogens with one attached hydrogen (secondary N) is 1. The average molecular weight is 876 g/mol. The summed E-state index contributed by atoms with van der Waals surface area (Å²) in [6.07, 6.45) is 0.725.